The molecule has 2 aromatic heterocycles. The van der Waals surface area contributed by atoms with Crippen LogP contribution in [0, 0.1) is 6.92 Å². The van der Waals surface area contributed by atoms with Gasteiger partial charge in [0.15, 0.2) is 0 Å². The first kappa shape index (κ1) is 14.6. The molecule has 3 aromatic rings. The SMILES string of the molecule is Cc1ccc(Nc2cc(-c3ccncc3)nc(NC3CC3)n2)cc1. The maximum Gasteiger partial charge on any atom is 0.225 e. The van der Waals surface area contributed by atoms with Crippen LogP contribution in [0.4, 0.5) is 17.5 Å². The summed E-state index contributed by atoms with van der Waals surface area (Å²) in [5, 5.41) is 6.75. The summed E-state index contributed by atoms with van der Waals surface area (Å²) < 4.78 is 0. The summed E-state index contributed by atoms with van der Waals surface area (Å²) in [4.78, 5) is 13.3. The highest BCUT2D eigenvalue weighted by atomic mass is 15.2. The maximum absolute atomic E-state index is 4.65. The highest BCUT2D eigenvalue weighted by Gasteiger charge is 2.22. The van der Waals surface area contributed by atoms with E-state index in [1.807, 2.05) is 18.2 Å². The minimum absolute atomic E-state index is 0.505. The Hall–Kier alpha value is -2.95. The summed E-state index contributed by atoms with van der Waals surface area (Å²) in [6.07, 6.45) is 5.92. The van der Waals surface area contributed by atoms with Crippen molar-refractivity contribution < 1.29 is 0 Å². The quantitative estimate of drug-likeness (QED) is 0.739. The highest BCUT2D eigenvalue weighted by Crippen LogP contribution is 2.27. The van der Waals surface area contributed by atoms with Crippen LogP contribution in [0.3, 0.4) is 0 Å². The molecule has 2 heterocycles. The highest BCUT2D eigenvalue weighted by molar-refractivity contribution is 5.67. The van der Waals surface area contributed by atoms with Gasteiger partial charge in [-0.1, -0.05) is 17.7 Å². The molecule has 2 N–H and O–H groups in total. The third kappa shape index (κ3) is 3.51. The fraction of sp³-hybridized carbons (Fsp3) is 0.211. The van der Waals surface area contributed by atoms with Gasteiger partial charge in [0.25, 0.3) is 0 Å². The molecule has 1 aliphatic carbocycles. The van der Waals surface area contributed by atoms with Crippen LogP contribution in [0.2, 0.25) is 0 Å². The number of nitrogens with zero attached hydrogens (tertiary/aromatic N) is 3. The molecule has 0 spiro atoms. The Bertz CT molecular complexity index is 826. The van der Waals surface area contributed by atoms with E-state index in [4.69, 9.17) is 0 Å². The number of hydrogen-bond acceptors (Lipinski definition) is 5. The second-order valence-electron chi connectivity index (χ2n) is 6.11. The molecule has 1 aliphatic rings. The molecule has 0 unspecified atom stereocenters. The first-order valence-electron chi connectivity index (χ1n) is 8.16. The molecule has 0 saturated heterocycles. The molecule has 4 rings (SSSR count). The summed E-state index contributed by atoms with van der Waals surface area (Å²) >= 11 is 0. The molecule has 5 heteroatoms. The molecular formula is C19H19N5. The third-order valence-electron chi connectivity index (χ3n) is 3.94. The van der Waals surface area contributed by atoms with Gasteiger partial charge in [0.1, 0.15) is 5.82 Å². The van der Waals surface area contributed by atoms with Crippen LogP contribution in [0.25, 0.3) is 11.3 Å². The molecule has 1 saturated carbocycles. The van der Waals surface area contributed by atoms with Gasteiger partial charge in [-0.2, -0.15) is 4.98 Å². The van der Waals surface area contributed by atoms with Crippen LogP contribution in [-0.2, 0) is 0 Å². The van der Waals surface area contributed by atoms with Gasteiger partial charge in [-0.15, -0.1) is 0 Å². The normalized spacial score (nSPS) is 13.5. The van der Waals surface area contributed by atoms with Gasteiger partial charge in [-0.05, 0) is 44.0 Å². The van der Waals surface area contributed by atoms with E-state index in [9.17, 15) is 0 Å². The van der Waals surface area contributed by atoms with E-state index in [1.165, 1.54) is 18.4 Å². The topological polar surface area (TPSA) is 62.7 Å². The van der Waals surface area contributed by atoms with Crippen molar-refractivity contribution in [2.45, 2.75) is 25.8 Å². The lowest BCUT2D eigenvalue weighted by Crippen LogP contribution is -2.07. The summed E-state index contributed by atoms with van der Waals surface area (Å²) in [6.45, 7) is 2.08. The summed E-state index contributed by atoms with van der Waals surface area (Å²) in [7, 11) is 0. The number of nitrogens with one attached hydrogen (secondary N) is 2. The Labute approximate surface area is 141 Å². The lowest BCUT2D eigenvalue weighted by Gasteiger charge is -2.11. The Morgan fingerprint density at radius 2 is 1.71 bits per heavy atom. The van der Waals surface area contributed by atoms with Crippen molar-refractivity contribution in [3.63, 3.8) is 0 Å². The molecule has 0 atom stereocenters. The molecule has 0 bridgehead atoms. The van der Waals surface area contributed by atoms with E-state index in [1.54, 1.807) is 12.4 Å². The van der Waals surface area contributed by atoms with Crippen molar-refractivity contribution in [1.29, 1.82) is 0 Å². The fourth-order valence-electron chi connectivity index (χ4n) is 2.44. The van der Waals surface area contributed by atoms with Gasteiger partial charge in [0.2, 0.25) is 5.95 Å². The zero-order chi connectivity index (χ0) is 16.4. The smallest absolute Gasteiger partial charge is 0.225 e. The third-order valence-corrected chi connectivity index (χ3v) is 3.94. The van der Waals surface area contributed by atoms with Crippen LogP contribution < -0.4 is 10.6 Å². The van der Waals surface area contributed by atoms with Crippen LogP contribution in [-0.4, -0.2) is 21.0 Å². The Kier molecular flexibility index (Phi) is 3.83. The van der Waals surface area contributed by atoms with Gasteiger partial charge in [-0.25, -0.2) is 4.98 Å². The average Bonchev–Trinajstić information content (AvgIpc) is 3.42. The molecule has 0 amide bonds. The van der Waals surface area contributed by atoms with Gasteiger partial charge in [0.05, 0.1) is 5.69 Å². The number of aromatic nitrogens is 3. The van der Waals surface area contributed by atoms with Crippen LogP contribution in [0.5, 0.6) is 0 Å². The zero-order valence-corrected chi connectivity index (χ0v) is 13.5. The van der Waals surface area contributed by atoms with E-state index in [0.29, 0.717) is 12.0 Å². The molecule has 0 radical (unpaired) electrons. The van der Waals surface area contributed by atoms with Crippen LogP contribution in [0.15, 0.2) is 54.9 Å². The summed E-state index contributed by atoms with van der Waals surface area (Å²) in [5.74, 6) is 1.45. The van der Waals surface area contributed by atoms with E-state index in [0.717, 1.165) is 22.8 Å². The van der Waals surface area contributed by atoms with Crippen molar-refractivity contribution in [2.24, 2.45) is 0 Å². The standard InChI is InChI=1S/C19H19N5/c1-13-2-4-15(5-3-13)21-18-12-17(14-8-10-20-11-9-14)23-19(24-18)22-16-6-7-16/h2-5,8-12,16H,6-7H2,1H3,(H2,21,22,23,24). The van der Waals surface area contributed by atoms with Gasteiger partial charge >= 0.3 is 0 Å². The Balaban J connectivity index is 1.67. The minimum atomic E-state index is 0.505. The van der Waals surface area contributed by atoms with E-state index >= 15 is 0 Å². The molecule has 0 aliphatic heterocycles. The number of anilines is 3. The number of rotatable bonds is 5. The fourth-order valence-corrected chi connectivity index (χ4v) is 2.44. The monoisotopic (exact) mass is 317 g/mol. The van der Waals surface area contributed by atoms with Crippen molar-refractivity contribution in [3.05, 3.63) is 60.4 Å². The van der Waals surface area contributed by atoms with Crippen LogP contribution >= 0.6 is 0 Å². The average molecular weight is 317 g/mol. The van der Waals surface area contributed by atoms with E-state index in [2.05, 4.69) is 56.8 Å². The molecule has 24 heavy (non-hydrogen) atoms. The maximum atomic E-state index is 4.65. The number of aryl methyl sites for hydroxylation is 1. The van der Waals surface area contributed by atoms with Crippen LogP contribution in [0.1, 0.15) is 18.4 Å². The van der Waals surface area contributed by atoms with E-state index < -0.39 is 0 Å². The second-order valence-corrected chi connectivity index (χ2v) is 6.11. The first-order valence-corrected chi connectivity index (χ1v) is 8.16. The lowest BCUT2D eigenvalue weighted by molar-refractivity contribution is 1.06. The van der Waals surface area contributed by atoms with Crippen molar-refractivity contribution in [2.75, 3.05) is 10.6 Å². The molecule has 1 aromatic carbocycles. The summed E-state index contributed by atoms with van der Waals surface area (Å²) in [5.41, 5.74) is 4.15. The Morgan fingerprint density at radius 1 is 0.958 bits per heavy atom. The predicted molar refractivity (Wildman–Crippen MR) is 96.4 cm³/mol. The molecule has 120 valence electrons. The number of pyridine rings is 1. The first-order chi connectivity index (χ1) is 11.8. The summed E-state index contributed by atoms with van der Waals surface area (Å²) in [6, 6.07) is 14.7. The molecule has 5 nitrogen and oxygen atoms in total. The van der Waals surface area contributed by atoms with Gasteiger partial charge in [-0.3, -0.25) is 4.98 Å². The predicted octanol–water partition coefficient (Wildman–Crippen LogP) is 4.16. The lowest BCUT2D eigenvalue weighted by atomic mass is 10.2. The van der Waals surface area contributed by atoms with Crippen molar-refractivity contribution in [3.8, 4) is 11.3 Å². The van der Waals surface area contributed by atoms with Gasteiger partial charge in [0, 0.05) is 35.8 Å². The minimum Gasteiger partial charge on any atom is -0.351 e. The van der Waals surface area contributed by atoms with Gasteiger partial charge < -0.3 is 10.6 Å². The zero-order valence-electron chi connectivity index (χ0n) is 13.5. The number of benzene rings is 1. The van der Waals surface area contributed by atoms with Crippen molar-refractivity contribution in [1.82, 2.24) is 15.0 Å². The van der Waals surface area contributed by atoms with E-state index in [-0.39, 0.29) is 0 Å². The molecule has 1 fully saturated rings. The van der Waals surface area contributed by atoms with Crippen molar-refractivity contribution >= 4 is 17.5 Å². The molecular weight excluding hydrogens is 298 g/mol. The second kappa shape index (κ2) is 6.28. The largest absolute Gasteiger partial charge is 0.351 e. The Morgan fingerprint density at radius 3 is 2.42 bits per heavy atom. The number of hydrogen-bond donors (Lipinski definition) is 2.